The lowest BCUT2D eigenvalue weighted by Gasteiger charge is -2.18. The average Bonchev–Trinajstić information content (AvgIpc) is 2.15. The van der Waals surface area contributed by atoms with Crippen molar-refractivity contribution in [2.24, 2.45) is 0 Å². The van der Waals surface area contributed by atoms with Gasteiger partial charge in [0.1, 0.15) is 0 Å². The molecule has 7 heteroatoms. The summed E-state index contributed by atoms with van der Waals surface area (Å²) in [6, 6.07) is 6.09. The van der Waals surface area contributed by atoms with Gasteiger partial charge >= 0.3 is 13.3 Å². The second-order valence-electron chi connectivity index (χ2n) is 3.90. The van der Waals surface area contributed by atoms with Crippen LogP contribution in [0.3, 0.4) is 0 Å². The molecule has 0 atom stereocenters. The van der Waals surface area contributed by atoms with Gasteiger partial charge in [-0.3, -0.25) is 4.90 Å². The maximum atomic E-state index is 12.1. The lowest BCUT2D eigenvalue weighted by Crippen LogP contribution is -2.31. The Balaban J connectivity index is 2.57. The number of hydrogen-bond acceptors (Lipinski definition) is 3. The Bertz CT molecular complexity index is 354. The first-order chi connectivity index (χ1) is 7.78. The summed E-state index contributed by atoms with van der Waals surface area (Å²) in [6.07, 6.45) is -4.21. The zero-order valence-electron chi connectivity index (χ0n) is 9.28. The molecule has 0 aliphatic rings. The topological polar surface area (TPSA) is 43.7 Å². The minimum atomic E-state index is -4.21. The molecule has 0 spiro atoms. The predicted molar refractivity (Wildman–Crippen MR) is 58.7 cm³/mol. The summed E-state index contributed by atoms with van der Waals surface area (Å²) in [7, 11) is -0.181. The SMILES string of the molecule is CN(Cc1ccc(B(O)O)cc1)CC(F)(F)F. The first-order valence-corrected chi connectivity index (χ1v) is 4.98. The molecule has 0 unspecified atom stereocenters. The Kier molecular flexibility index (Phi) is 4.56. The van der Waals surface area contributed by atoms with Crippen LogP contribution in [0.4, 0.5) is 13.2 Å². The standard InChI is InChI=1S/C10H13BF3NO2/c1-15(7-10(12,13)14)6-8-2-4-9(5-3-8)11(16)17/h2-5,16-17H,6-7H2,1H3. The summed E-state index contributed by atoms with van der Waals surface area (Å²) in [5, 5.41) is 17.7. The van der Waals surface area contributed by atoms with Crippen molar-refractivity contribution in [3.05, 3.63) is 29.8 Å². The minimum absolute atomic E-state index is 0.154. The maximum Gasteiger partial charge on any atom is 0.488 e. The van der Waals surface area contributed by atoms with Crippen molar-refractivity contribution in [2.75, 3.05) is 13.6 Å². The van der Waals surface area contributed by atoms with E-state index in [0.717, 1.165) is 4.90 Å². The highest BCUT2D eigenvalue weighted by molar-refractivity contribution is 6.58. The molecule has 0 amide bonds. The van der Waals surface area contributed by atoms with E-state index in [-0.39, 0.29) is 6.54 Å². The fourth-order valence-corrected chi connectivity index (χ4v) is 1.47. The third-order valence-electron chi connectivity index (χ3n) is 2.18. The summed E-state index contributed by atoms with van der Waals surface area (Å²) in [6.45, 7) is -0.821. The molecule has 0 radical (unpaired) electrons. The summed E-state index contributed by atoms with van der Waals surface area (Å²) in [5.41, 5.74) is 0.994. The highest BCUT2D eigenvalue weighted by Gasteiger charge is 2.29. The van der Waals surface area contributed by atoms with E-state index in [1.54, 1.807) is 12.1 Å². The largest absolute Gasteiger partial charge is 0.488 e. The van der Waals surface area contributed by atoms with Gasteiger partial charge in [-0.1, -0.05) is 24.3 Å². The number of nitrogens with zero attached hydrogens (tertiary/aromatic N) is 1. The van der Waals surface area contributed by atoms with E-state index >= 15 is 0 Å². The van der Waals surface area contributed by atoms with E-state index in [4.69, 9.17) is 10.0 Å². The van der Waals surface area contributed by atoms with Crippen molar-refractivity contribution >= 4 is 12.6 Å². The van der Waals surface area contributed by atoms with Crippen molar-refractivity contribution in [3.63, 3.8) is 0 Å². The summed E-state index contributed by atoms with van der Waals surface area (Å²) < 4.78 is 36.2. The van der Waals surface area contributed by atoms with Gasteiger partial charge in [-0.05, 0) is 18.1 Å². The van der Waals surface area contributed by atoms with E-state index < -0.39 is 19.8 Å². The Morgan fingerprint density at radius 1 is 1.18 bits per heavy atom. The second-order valence-corrected chi connectivity index (χ2v) is 3.90. The molecule has 0 bridgehead atoms. The average molecular weight is 247 g/mol. The van der Waals surface area contributed by atoms with Crippen LogP contribution in [0.5, 0.6) is 0 Å². The first kappa shape index (κ1) is 14.0. The molecular weight excluding hydrogens is 234 g/mol. The van der Waals surface area contributed by atoms with Crippen LogP contribution >= 0.6 is 0 Å². The van der Waals surface area contributed by atoms with Gasteiger partial charge in [-0.2, -0.15) is 13.2 Å². The number of hydrogen-bond donors (Lipinski definition) is 2. The van der Waals surface area contributed by atoms with Gasteiger partial charge in [0.05, 0.1) is 6.54 Å². The fraction of sp³-hybridized carbons (Fsp3) is 0.400. The summed E-state index contributed by atoms with van der Waals surface area (Å²) in [5.74, 6) is 0. The second kappa shape index (κ2) is 5.53. The van der Waals surface area contributed by atoms with Crippen molar-refractivity contribution in [1.29, 1.82) is 0 Å². The molecule has 17 heavy (non-hydrogen) atoms. The van der Waals surface area contributed by atoms with E-state index in [1.165, 1.54) is 19.2 Å². The van der Waals surface area contributed by atoms with Gasteiger partial charge in [0.25, 0.3) is 0 Å². The third-order valence-corrected chi connectivity index (χ3v) is 2.18. The van der Waals surface area contributed by atoms with Crippen molar-refractivity contribution in [3.8, 4) is 0 Å². The van der Waals surface area contributed by atoms with Crippen LogP contribution in [0.1, 0.15) is 5.56 Å². The number of alkyl halides is 3. The Labute approximate surface area is 97.6 Å². The van der Waals surface area contributed by atoms with E-state index in [0.29, 0.717) is 11.0 Å². The number of rotatable bonds is 4. The normalized spacial score (nSPS) is 11.9. The molecule has 0 aromatic heterocycles. The third kappa shape index (κ3) is 5.21. The number of benzene rings is 1. The molecule has 2 N–H and O–H groups in total. The smallest absolute Gasteiger partial charge is 0.423 e. The van der Waals surface area contributed by atoms with Gasteiger partial charge < -0.3 is 10.0 Å². The van der Waals surface area contributed by atoms with Crippen molar-refractivity contribution in [1.82, 2.24) is 4.90 Å². The quantitative estimate of drug-likeness (QED) is 0.755. The Morgan fingerprint density at radius 2 is 1.71 bits per heavy atom. The van der Waals surface area contributed by atoms with Crippen LogP contribution in [0.15, 0.2) is 24.3 Å². The Morgan fingerprint density at radius 3 is 2.12 bits per heavy atom. The van der Waals surface area contributed by atoms with E-state index in [2.05, 4.69) is 0 Å². The highest BCUT2D eigenvalue weighted by atomic mass is 19.4. The van der Waals surface area contributed by atoms with Crippen molar-refractivity contribution in [2.45, 2.75) is 12.7 Å². The molecule has 1 rings (SSSR count). The molecule has 0 saturated carbocycles. The summed E-state index contributed by atoms with van der Waals surface area (Å²) in [4.78, 5) is 1.14. The van der Waals surface area contributed by atoms with E-state index in [1.807, 2.05) is 0 Å². The van der Waals surface area contributed by atoms with Gasteiger partial charge in [-0.15, -0.1) is 0 Å². The van der Waals surface area contributed by atoms with Crippen LogP contribution in [0, 0.1) is 0 Å². The van der Waals surface area contributed by atoms with E-state index in [9.17, 15) is 13.2 Å². The molecule has 94 valence electrons. The van der Waals surface area contributed by atoms with Crippen LogP contribution in [-0.4, -0.2) is 41.8 Å². The molecule has 0 aliphatic carbocycles. The molecule has 0 aliphatic heterocycles. The summed E-state index contributed by atoms with van der Waals surface area (Å²) >= 11 is 0. The van der Waals surface area contributed by atoms with Gasteiger partial charge in [0.2, 0.25) is 0 Å². The highest BCUT2D eigenvalue weighted by Crippen LogP contribution is 2.16. The Hall–Kier alpha value is -1.05. The lowest BCUT2D eigenvalue weighted by atomic mass is 9.80. The number of halogens is 3. The van der Waals surface area contributed by atoms with Crippen LogP contribution in [0.25, 0.3) is 0 Å². The van der Waals surface area contributed by atoms with Gasteiger partial charge in [0.15, 0.2) is 0 Å². The van der Waals surface area contributed by atoms with Crippen LogP contribution in [-0.2, 0) is 6.54 Å². The zero-order chi connectivity index (χ0) is 13.1. The molecule has 0 fully saturated rings. The van der Waals surface area contributed by atoms with Gasteiger partial charge in [-0.25, -0.2) is 0 Å². The first-order valence-electron chi connectivity index (χ1n) is 4.98. The van der Waals surface area contributed by atoms with Crippen LogP contribution in [0.2, 0.25) is 0 Å². The fourth-order valence-electron chi connectivity index (χ4n) is 1.47. The molecule has 1 aromatic rings. The van der Waals surface area contributed by atoms with Crippen LogP contribution < -0.4 is 5.46 Å². The monoisotopic (exact) mass is 247 g/mol. The molecule has 0 saturated heterocycles. The predicted octanol–water partition coefficient (Wildman–Crippen LogP) is 0.361. The lowest BCUT2D eigenvalue weighted by molar-refractivity contribution is -0.144. The zero-order valence-corrected chi connectivity index (χ0v) is 9.28. The van der Waals surface area contributed by atoms with Crippen molar-refractivity contribution < 1.29 is 23.2 Å². The molecule has 3 nitrogen and oxygen atoms in total. The molecular formula is C10H13BF3NO2. The van der Waals surface area contributed by atoms with Gasteiger partial charge in [0, 0.05) is 6.54 Å². The molecule has 1 aromatic carbocycles. The minimum Gasteiger partial charge on any atom is -0.423 e. The maximum absolute atomic E-state index is 12.1. The molecule has 0 heterocycles.